The number of carbonyl (C=O) groups is 1. The topological polar surface area (TPSA) is 57.3 Å². The Balaban J connectivity index is 1.95. The fourth-order valence-electron chi connectivity index (χ4n) is 2.59. The van der Waals surface area contributed by atoms with Gasteiger partial charge in [-0.25, -0.2) is 0 Å². The third-order valence-electron chi connectivity index (χ3n) is 3.66. The van der Waals surface area contributed by atoms with Gasteiger partial charge in [0.25, 0.3) is 5.91 Å². The van der Waals surface area contributed by atoms with Crippen LogP contribution in [0.2, 0.25) is 0 Å². The first-order valence-corrected chi connectivity index (χ1v) is 7.46. The third-order valence-corrected chi connectivity index (χ3v) is 3.66. The lowest BCUT2D eigenvalue weighted by Crippen LogP contribution is -2.47. The van der Waals surface area contributed by atoms with Crippen molar-refractivity contribution in [3.63, 3.8) is 0 Å². The Morgan fingerprint density at radius 3 is 3.10 bits per heavy atom. The molecule has 0 bridgehead atoms. The number of piperidine rings is 1. The lowest BCUT2D eigenvalue weighted by Gasteiger charge is -2.32. The standard InChI is InChI=1S/C15H24N4O/c1-3-16-12-7-8-17-14(10-12)15(20)18-13-6-5-9-19(4-2)11-13/h7-8,10,13H,3-6,9,11H2,1-2H3,(H,16,17)(H,18,20). The van der Waals surface area contributed by atoms with Gasteiger partial charge in [0.15, 0.2) is 0 Å². The van der Waals surface area contributed by atoms with Crippen molar-refractivity contribution >= 4 is 11.6 Å². The highest BCUT2D eigenvalue weighted by Crippen LogP contribution is 2.11. The number of hydrogen-bond acceptors (Lipinski definition) is 4. The second kappa shape index (κ2) is 7.24. The molecule has 1 aromatic rings. The van der Waals surface area contributed by atoms with E-state index >= 15 is 0 Å². The second-order valence-corrected chi connectivity index (χ2v) is 5.17. The van der Waals surface area contributed by atoms with Crippen molar-refractivity contribution in [1.82, 2.24) is 15.2 Å². The lowest BCUT2D eigenvalue weighted by molar-refractivity contribution is 0.0901. The maximum atomic E-state index is 12.2. The molecule has 0 saturated carbocycles. The molecule has 20 heavy (non-hydrogen) atoms. The number of rotatable bonds is 5. The van der Waals surface area contributed by atoms with Crippen LogP contribution in [0.25, 0.3) is 0 Å². The van der Waals surface area contributed by atoms with Crippen LogP contribution in [-0.2, 0) is 0 Å². The molecule has 0 aliphatic carbocycles. The highest BCUT2D eigenvalue weighted by atomic mass is 16.1. The van der Waals surface area contributed by atoms with E-state index in [1.165, 1.54) is 0 Å². The maximum Gasteiger partial charge on any atom is 0.270 e. The average molecular weight is 276 g/mol. The lowest BCUT2D eigenvalue weighted by atomic mass is 10.1. The van der Waals surface area contributed by atoms with Gasteiger partial charge < -0.3 is 15.5 Å². The summed E-state index contributed by atoms with van der Waals surface area (Å²) in [5.74, 6) is -0.0762. The molecule has 1 amide bonds. The Morgan fingerprint density at radius 2 is 2.35 bits per heavy atom. The van der Waals surface area contributed by atoms with Crippen molar-refractivity contribution in [3.8, 4) is 0 Å². The molecular weight excluding hydrogens is 252 g/mol. The minimum atomic E-state index is -0.0762. The Hall–Kier alpha value is -1.62. The Labute approximate surface area is 120 Å². The highest BCUT2D eigenvalue weighted by Gasteiger charge is 2.21. The molecule has 1 aliphatic heterocycles. The van der Waals surface area contributed by atoms with Crippen molar-refractivity contribution in [3.05, 3.63) is 24.0 Å². The predicted molar refractivity (Wildman–Crippen MR) is 81.0 cm³/mol. The molecule has 2 N–H and O–H groups in total. The van der Waals surface area contributed by atoms with Crippen LogP contribution >= 0.6 is 0 Å². The fourth-order valence-corrected chi connectivity index (χ4v) is 2.59. The summed E-state index contributed by atoms with van der Waals surface area (Å²) in [5, 5.41) is 6.29. The van der Waals surface area contributed by atoms with Crippen LogP contribution in [0.4, 0.5) is 5.69 Å². The van der Waals surface area contributed by atoms with E-state index in [1.807, 2.05) is 13.0 Å². The van der Waals surface area contributed by atoms with E-state index in [0.717, 1.165) is 44.7 Å². The Kier molecular flexibility index (Phi) is 5.35. The largest absolute Gasteiger partial charge is 0.385 e. The Bertz CT molecular complexity index is 449. The molecule has 1 atom stereocenters. The van der Waals surface area contributed by atoms with Crippen LogP contribution in [0, 0.1) is 0 Å². The monoisotopic (exact) mass is 276 g/mol. The number of anilines is 1. The van der Waals surface area contributed by atoms with Gasteiger partial charge in [-0.05, 0) is 45.0 Å². The molecule has 2 heterocycles. The molecular formula is C15H24N4O. The molecule has 110 valence electrons. The SMILES string of the molecule is CCNc1ccnc(C(=O)NC2CCCN(CC)C2)c1. The minimum Gasteiger partial charge on any atom is -0.385 e. The summed E-state index contributed by atoms with van der Waals surface area (Å²) in [4.78, 5) is 18.8. The molecule has 0 spiro atoms. The summed E-state index contributed by atoms with van der Waals surface area (Å²) < 4.78 is 0. The Morgan fingerprint density at radius 1 is 1.50 bits per heavy atom. The first-order chi connectivity index (χ1) is 9.72. The second-order valence-electron chi connectivity index (χ2n) is 5.17. The molecule has 0 aromatic carbocycles. The van der Waals surface area contributed by atoms with Crippen LogP contribution in [-0.4, -0.2) is 48.0 Å². The molecule has 1 saturated heterocycles. The van der Waals surface area contributed by atoms with Crippen LogP contribution in [0.5, 0.6) is 0 Å². The normalized spacial score (nSPS) is 19.6. The zero-order chi connectivity index (χ0) is 14.4. The predicted octanol–water partition coefficient (Wildman–Crippen LogP) is 1.73. The van der Waals surface area contributed by atoms with Crippen molar-refractivity contribution in [1.29, 1.82) is 0 Å². The first-order valence-electron chi connectivity index (χ1n) is 7.46. The minimum absolute atomic E-state index is 0.0762. The number of amides is 1. The summed E-state index contributed by atoms with van der Waals surface area (Å²) in [6.45, 7) is 8.14. The van der Waals surface area contributed by atoms with Crippen molar-refractivity contribution in [2.45, 2.75) is 32.7 Å². The number of nitrogens with zero attached hydrogens (tertiary/aromatic N) is 2. The number of aromatic nitrogens is 1. The average Bonchev–Trinajstić information content (AvgIpc) is 2.48. The van der Waals surface area contributed by atoms with E-state index in [4.69, 9.17) is 0 Å². The summed E-state index contributed by atoms with van der Waals surface area (Å²) >= 11 is 0. The number of pyridine rings is 1. The number of hydrogen-bond donors (Lipinski definition) is 2. The van der Waals surface area contributed by atoms with Crippen LogP contribution in [0.15, 0.2) is 18.3 Å². The van der Waals surface area contributed by atoms with E-state index < -0.39 is 0 Å². The van der Waals surface area contributed by atoms with Gasteiger partial charge in [0.1, 0.15) is 5.69 Å². The molecule has 1 aromatic heterocycles. The summed E-state index contributed by atoms with van der Waals surface area (Å²) in [6, 6.07) is 3.92. The van der Waals surface area contributed by atoms with E-state index in [2.05, 4.69) is 27.4 Å². The maximum absolute atomic E-state index is 12.2. The first kappa shape index (κ1) is 14.8. The quantitative estimate of drug-likeness (QED) is 0.860. The molecule has 1 unspecified atom stereocenters. The number of likely N-dealkylation sites (N-methyl/N-ethyl adjacent to an activating group) is 1. The number of nitrogens with one attached hydrogen (secondary N) is 2. The zero-order valence-electron chi connectivity index (χ0n) is 12.4. The molecule has 5 nitrogen and oxygen atoms in total. The molecule has 0 radical (unpaired) electrons. The summed E-state index contributed by atoms with van der Waals surface area (Å²) in [5.41, 5.74) is 1.42. The van der Waals surface area contributed by atoms with E-state index in [0.29, 0.717) is 5.69 Å². The smallest absolute Gasteiger partial charge is 0.270 e. The van der Waals surface area contributed by atoms with Gasteiger partial charge in [-0.3, -0.25) is 9.78 Å². The summed E-state index contributed by atoms with van der Waals surface area (Å²) in [6.07, 6.45) is 3.87. The van der Waals surface area contributed by atoms with E-state index in [9.17, 15) is 4.79 Å². The van der Waals surface area contributed by atoms with Gasteiger partial charge in [-0.15, -0.1) is 0 Å². The number of carbonyl (C=O) groups excluding carboxylic acids is 1. The van der Waals surface area contributed by atoms with Crippen LogP contribution in [0.1, 0.15) is 37.2 Å². The van der Waals surface area contributed by atoms with E-state index in [1.54, 1.807) is 12.3 Å². The number of likely N-dealkylation sites (tertiary alicyclic amines) is 1. The van der Waals surface area contributed by atoms with Crippen LogP contribution < -0.4 is 10.6 Å². The highest BCUT2D eigenvalue weighted by molar-refractivity contribution is 5.93. The summed E-state index contributed by atoms with van der Waals surface area (Å²) in [7, 11) is 0. The van der Waals surface area contributed by atoms with Gasteiger partial charge in [-0.2, -0.15) is 0 Å². The molecule has 2 rings (SSSR count). The van der Waals surface area contributed by atoms with E-state index in [-0.39, 0.29) is 11.9 Å². The third kappa shape index (κ3) is 3.93. The zero-order valence-corrected chi connectivity index (χ0v) is 12.4. The van der Waals surface area contributed by atoms with Gasteiger partial charge in [0.2, 0.25) is 0 Å². The van der Waals surface area contributed by atoms with Gasteiger partial charge in [0, 0.05) is 31.0 Å². The van der Waals surface area contributed by atoms with Gasteiger partial charge in [-0.1, -0.05) is 6.92 Å². The van der Waals surface area contributed by atoms with Gasteiger partial charge in [0.05, 0.1) is 0 Å². The van der Waals surface area contributed by atoms with Crippen molar-refractivity contribution in [2.75, 3.05) is 31.5 Å². The van der Waals surface area contributed by atoms with Crippen LogP contribution in [0.3, 0.4) is 0 Å². The fraction of sp³-hybridized carbons (Fsp3) is 0.600. The van der Waals surface area contributed by atoms with Crippen molar-refractivity contribution < 1.29 is 4.79 Å². The van der Waals surface area contributed by atoms with Crippen molar-refractivity contribution in [2.24, 2.45) is 0 Å². The molecule has 1 aliphatic rings. The van der Waals surface area contributed by atoms with Gasteiger partial charge >= 0.3 is 0 Å². The molecule has 5 heteroatoms. The molecule has 1 fully saturated rings.